The van der Waals surface area contributed by atoms with Crippen molar-refractivity contribution in [2.45, 2.75) is 187 Å². The van der Waals surface area contributed by atoms with Gasteiger partial charge in [0.2, 0.25) is 5.91 Å². The monoisotopic (exact) mass is 594 g/mol. The second kappa shape index (κ2) is 29.1. The molecule has 0 aliphatic carbocycles. The van der Waals surface area contributed by atoms with Gasteiger partial charge in [-0.3, -0.25) is 15.2 Å². The minimum atomic E-state index is 0.0713. The van der Waals surface area contributed by atoms with Gasteiger partial charge in [0, 0.05) is 25.6 Å². The predicted molar refractivity (Wildman–Crippen MR) is 183 cm³/mol. The molecular formula is C34H71N7O. The third-order valence-corrected chi connectivity index (χ3v) is 8.45. The maximum absolute atomic E-state index is 13.1. The maximum Gasteiger partial charge on any atom is 0.222 e. The SMILES string of the molecule is CCCCCCCCCCCC(=O)N(CCCCCCCC(CC)N=C(N)N)CCCCCCCC(CC)NC(=N)N. The Bertz CT molecular complexity index is 666. The summed E-state index contributed by atoms with van der Waals surface area (Å²) in [7, 11) is 0. The maximum atomic E-state index is 13.1. The van der Waals surface area contributed by atoms with Gasteiger partial charge in [-0.1, -0.05) is 124 Å². The van der Waals surface area contributed by atoms with E-state index in [2.05, 4.69) is 36.0 Å². The van der Waals surface area contributed by atoms with E-state index in [9.17, 15) is 4.79 Å². The van der Waals surface area contributed by atoms with Crippen LogP contribution in [0.15, 0.2) is 4.99 Å². The molecule has 0 saturated heterocycles. The second-order valence-electron chi connectivity index (χ2n) is 12.4. The molecular weight excluding hydrogens is 522 g/mol. The van der Waals surface area contributed by atoms with Gasteiger partial charge in [0.15, 0.2) is 11.9 Å². The quantitative estimate of drug-likeness (QED) is 0.0328. The third kappa shape index (κ3) is 25.7. The molecule has 8 N–H and O–H groups in total. The first-order valence-corrected chi connectivity index (χ1v) is 17.8. The highest BCUT2D eigenvalue weighted by Gasteiger charge is 2.13. The largest absolute Gasteiger partial charge is 0.370 e. The van der Waals surface area contributed by atoms with Gasteiger partial charge in [0.1, 0.15) is 0 Å². The van der Waals surface area contributed by atoms with Crippen LogP contribution in [0.3, 0.4) is 0 Å². The van der Waals surface area contributed by atoms with Crippen molar-refractivity contribution in [3.63, 3.8) is 0 Å². The number of carbonyl (C=O) groups excluding carboxylic acids is 1. The van der Waals surface area contributed by atoms with Crippen LogP contribution in [-0.4, -0.2) is 47.9 Å². The van der Waals surface area contributed by atoms with Crippen molar-refractivity contribution >= 4 is 17.8 Å². The number of aliphatic imine (C=N–C) groups is 1. The van der Waals surface area contributed by atoms with Gasteiger partial charge in [0.05, 0.1) is 6.04 Å². The minimum Gasteiger partial charge on any atom is -0.370 e. The van der Waals surface area contributed by atoms with E-state index in [0.717, 1.165) is 70.9 Å². The van der Waals surface area contributed by atoms with Crippen LogP contribution >= 0.6 is 0 Å². The molecule has 0 heterocycles. The average molecular weight is 594 g/mol. The van der Waals surface area contributed by atoms with Crippen molar-refractivity contribution in [1.29, 1.82) is 5.41 Å². The molecule has 0 aromatic heterocycles. The van der Waals surface area contributed by atoms with E-state index in [1.807, 2.05) is 0 Å². The highest BCUT2D eigenvalue weighted by molar-refractivity contribution is 5.76. The van der Waals surface area contributed by atoms with E-state index in [-0.39, 0.29) is 18.0 Å². The molecule has 0 aliphatic rings. The molecule has 248 valence electrons. The molecule has 0 radical (unpaired) electrons. The van der Waals surface area contributed by atoms with Crippen LogP contribution in [0.5, 0.6) is 0 Å². The summed E-state index contributed by atoms with van der Waals surface area (Å²) in [5.74, 6) is 0.630. The summed E-state index contributed by atoms with van der Waals surface area (Å²) < 4.78 is 0. The van der Waals surface area contributed by atoms with E-state index < -0.39 is 0 Å². The number of hydrogen-bond donors (Lipinski definition) is 5. The van der Waals surface area contributed by atoms with Gasteiger partial charge >= 0.3 is 0 Å². The number of carbonyl (C=O) groups is 1. The van der Waals surface area contributed by atoms with Crippen LogP contribution in [0.1, 0.15) is 175 Å². The number of guanidine groups is 2. The molecule has 8 nitrogen and oxygen atoms in total. The second-order valence-corrected chi connectivity index (χ2v) is 12.4. The summed E-state index contributed by atoms with van der Waals surface area (Å²) in [6.45, 7) is 8.33. The van der Waals surface area contributed by atoms with E-state index >= 15 is 0 Å². The molecule has 0 rings (SSSR count). The lowest BCUT2D eigenvalue weighted by atomic mass is 10.0. The molecule has 0 spiro atoms. The van der Waals surface area contributed by atoms with Crippen molar-refractivity contribution in [3.05, 3.63) is 0 Å². The van der Waals surface area contributed by atoms with Crippen LogP contribution in [-0.2, 0) is 4.79 Å². The van der Waals surface area contributed by atoms with Crippen molar-refractivity contribution in [3.8, 4) is 0 Å². The summed E-state index contributed by atoms with van der Waals surface area (Å²) in [4.78, 5) is 19.6. The highest BCUT2D eigenvalue weighted by atomic mass is 16.2. The minimum absolute atomic E-state index is 0.0713. The molecule has 0 fully saturated rings. The number of hydrogen-bond acceptors (Lipinski definition) is 3. The van der Waals surface area contributed by atoms with Gasteiger partial charge in [-0.25, -0.2) is 0 Å². The van der Waals surface area contributed by atoms with Crippen LogP contribution in [0.4, 0.5) is 0 Å². The number of nitrogens with one attached hydrogen (secondary N) is 2. The Morgan fingerprint density at radius 1 is 0.667 bits per heavy atom. The van der Waals surface area contributed by atoms with E-state index in [0.29, 0.717) is 18.4 Å². The zero-order valence-electron chi connectivity index (χ0n) is 28.1. The van der Waals surface area contributed by atoms with Crippen molar-refractivity contribution in [2.24, 2.45) is 22.2 Å². The Kier molecular flexibility index (Phi) is 27.7. The van der Waals surface area contributed by atoms with Crippen molar-refractivity contribution in [1.82, 2.24) is 10.2 Å². The summed E-state index contributed by atoms with van der Waals surface area (Å²) in [5, 5.41) is 10.5. The van der Waals surface area contributed by atoms with Crippen molar-refractivity contribution in [2.75, 3.05) is 13.1 Å². The van der Waals surface area contributed by atoms with Crippen LogP contribution in [0, 0.1) is 5.41 Å². The summed E-state index contributed by atoms with van der Waals surface area (Å²) in [6.07, 6.45) is 28.0. The Morgan fingerprint density at radius 3 is 1.62 bits per heavy atom. The molecule has 42 heavy (non-hydrogen) atoms. The topological polar surface area (TPSA) is 147 Å². The smallest absolute Gasteiger partial charge is 0.222 e. The van der Waals surface area contributed by atoms with Gasteiger partial charge < -0.3 is 27.4 Å². The van der Waals surface area contributed by atoms with E-state index in [1.54, 1.807) is 0 Å². The molecule has 1 amide bonds. The fourth-order valence-corrected chi connectivity index (χ4v) is 5.71. The first-order valence-electron chi connectivity index (χ1n) is 17.8. The number of nitrogens with two attached hydrogens (primary N) is 3. The van der Waals surface area contributed by atoms with Crippen LogP contribution < -0.4 is 22.5 Å². The lowest BCUT2D eigenvalue weighted by Crippen LogP contribution is -2.38. The molecule has 0 aromatic carbocycles. The standard InChI is InChI=1S/C34H71N7O/c1-4-7-8-9-10-11-12-17-22-27-32(42)41(28-23-18-13-15-20-25-30(5-2)39-33(35)36)29-24-19-14-16-21-26-31(6-3)40-34(37)38/h30-31H,4-29H2,1-3H3,(H4,35,36,39)(H4,37,38,40). The molecule has 0 bridgehead atoms. The number of amides is 1. The van der Waals surface area contributed by atoms with Crippen molar-refractivity contribution < 1.29 is 4.79 Å². The van der Waals surface area contributed by atoms with Gasteiger partial charge in [0.25, 0.3) is 0 Å². The molecule has 2 atom stereocenters. The number of unbranched alkanes of at least 4 members (excludes halogenated alkanes) is 16. The highest BCUT2D eigenvalue weighted by Crippen LogP contribution is 2.15. The molecule has 0 saturated carbocycles. The Hall–Kier alpha value is -1.99. The zero-order valence-corrected chi connectivity index (χ0v) is 28.1. The zero-order chi connectivity index (χ0) is 31.3. The number of rotatable bonds is 30. The molecule has 0 aromatic rings. The molecule has 2 unspecified atom stereocenters. The first-order chi connectivity index (χ1) is 20.3. The molecule has 0 aliphatic heterocycles. The Labute approximate surface area is 260 Å². The van der Waals surface area contributed by atoms with Gasteiger partial charge in [-0.05, 0) is 44.9 Å². The van der Waals surface area contributed by atoms with E-state index in [4.69, 9.17) is 22.6 Å². The average Bonchev–Trinajstić information content (AvgIpc) is 2.96. The third-order valence-electron chi connectivity index (χ3n) is 8.45. The first kappa shape index (κ1) is 40.0. The summed E-state index contributed by atoms with van der Waals surface area (Å²) in [6, 6.07) is 0.553. The van der Waals surface area contributed by atoms with Gasteiger partial charge in [-0.2, -0.15) is 0 Å². The Balaban J connectivity index is 4.35. The van der Waals surface area contributed by atoms with Crippen LogP contribution in [0.2, 0.25) is 0 Å². The summed E-state index contributed by atoms with van der Waals surface area (Å²) >= 11 is 0. The predicted octanol–water partition coefficient (Wildman–Crippen LogP) is 7.73. The number of nitrogens with zero attached hydrogens (tertiary/aromatic N) is 2. The molecule has 8 heteroatoms. The van der Waals surface area contributed by atoms with Gasteiger partial charge in [-0.15, -0.1) is 0 Å². The fraction of sp³-hybridized carbons (Fsp3) is 0.912. The van der Waals surface area contributed by atoms with Crippen LogP contribution in [0.25, 0.3) is 0 Å². The normalized spacial score (nSPS) is 12.5. The fourth-order valence-electron chi connectivity index (χ4n) is 5.71. The lowest BCUT2D eigenvalue weighted by Gasteiger charge is -2.23. The van der Waals surface area contributed by atoms with E-state index in [1.165, 1.54) is 89.9 Å². The lowest BCUT2D eigenvalue weighted by molar-refractivity contribution is -0.131. The summed E-state index contributed by atoms with van der Waals surface area (Å²) in [5.41, 5.74) is 16.6. The Morgan fingerprint density at radius 2 is 1.14 bits per heavy atom.